The topological polar surface area (TPSA) is 101 Å². The van der Waals surface area contributed by atoms with E-state index in [9.17, 15) is 14.4 Å². The second kappa shape index (κ2) is 5.30. The Hall–Kier alpha value is -3.04. The number of hydrogen-bond donors (Lipinski definition) is 0. The summed E-state index contributed by atoms with van der Waals surface area (Å²) in [4.78, 5) is 41.6. The molecule has 0 N–H and O–H groups in total. The fourth-order valence-corrected chi connectivity index (χ4v) is 2.40. The van der Waals surface area contributed by atoms with Crippen LogP contribution < -0.4 is 11.2 Å². The van der Waals surface area contributed by atoms with E-state index in [0.29, 0.717) is 16.9 Å². The predicted molar refractivity (Wildman–Crippen MR) is 78.5 cm³/mol. The van der Waals surface area contributed by atoms with Gasteiger partial charge >= 0.3 is 11.8 Å². The zero-order chi connectivity index (χ0) is 16.7. The molecule has 0 aromatic carbocycles. The smallest absolute Gasteiger partial charge is 0.416 e. The predicted octanol–water partition coefficient (Wildman–Crippen LogP) is -0.669. The first-order valence-electron chi connectivity index (χ1n) is 6.73. The Kier molecular flexibility index (Phi) is 3.43. The van der Waals surface area contributed by atoms with Crippen molar-refractivity contribution in [3.05, 3.63) is 39.1 Å². The number of carbonyl (C=O) groups excluding carboxylic acids is 1. The second-order valence-corrected chi connectivity index (χ2v) is 5.07. The van der Waals surface area contributed by atoms with Crippen LogP contribution >= 0.6 is 0 Å². The van der Waals surface area contributed by atoms with E-state index in [-0.39, 0.29) is 13.3 Å². The monoisotopic (exact) mass is 321 g/mol. The second-order valence-electron chi connectivity index (χ2n) is 5.07. The highest BCUT2D eigenvalue weighted by Gasteiger charge is 2.22. The molecule has 10 nitrogen and oxygen atoms in total. The highest BCUT2D eigenvalue weighted by atomic mass is 16.6. The van der Waals surface area contributed by atoms with Crippen molar-refractivity contribution in [2.45, 2.75) is 6.54 Å². The lowest BCUT2D eigenvalue weighted by molar-refractivity contribution is 0.104. The molecule has 1 amide bonds. The standard InChI is InChI=1S/C13H15N5O5/c1-15-6-14-10-9(15)11(19)18(12(20)16(10)2)5-8-4-17(7-23-8)13(21)22-3/h4,6H,5,7H2,1-3H3. The molecule has 2 aromatic rings. The highest BCUT2D eigenvalue weighted by Crippen LogP contribution is 2.13. The third-order valence-electron chi connectivity index (χ3n) is 3.61. The number of carbonyl (C=O) groups is 1. The van der Waals surface area contributed by atoms with Gasteiger partial charge in [0.05, 0.1) is 26.2 Å². The molecule has 0 fully saturated rings. The summed E-state index contributed by atoms with van der Waals surface area (Å²) < 4.78 is 13.8. The number of amides is 1. The van der Waals surface area contributed by atoms with Crippen LogP contribution in [0.3, 0.4) is 0 Å². The minimum absolute atomic E-state index is 0.0228. The van der Waals surface area contributed by atoms with Gasteiger partial charge in [0.2, 0.25) is 0 Å². The molecule has 1 aliphatic rings. The van der Waals surface area contributed by atoms with Crippen LogP contribution in [0.2, 0.25) is 0 Å². The van der Waals surface area contributed by atoms with Crippen molar-refractivity contribution >= 4 is 17.3 Å². The summed E-state index contributed by atoms with van der Waals surface area (Å²) in [6.45, 7) is -0.106. The first-order valence-corrected chi connectivity index (χ1v) is 6.73. The van der Waals surface area contributed by atoms with Crippen LogP contribution in [0.15, 0.2) is 27.9 Å². The number of methoxy groups -OCH3 is 1. The number of rotatable bonds is 2. The average Bonchev–Trinajstić information content (AvgIpc) is 3.15. The summed E-state index contributed by atoms with van der Waals surface area (Å²) in [6, 6.07) is 0. The van der Waals surface area contributed by atoms with Gasteiger partial charge in [-0.05, 0) is 0 Å². The van der Waals surface area contributed by atoms with E-state index in [1.54, 1.807) is 11.6 Å². The lowest BCUT2D eigenvalue weighted by atomic mass is 10.4. The Morgan fingerprint density at radius 1 is 1.39 bits per heavy atom. The molecule has 0 saturated heterocycles. The van der Waals surface area contributed by atoms with Gasteiger partial charge in [-0.1, -0.05) is 0 Å². The van der Waals surface area contributed by atoms with Crippen molar-refractivity contribution in [2.24, 2.45) is 14.1 Å². The normalized spacial score (nSPS) is 14.0. The van der Waals surface area contributed by atoms with Crippen molar-refractivity contribution in [1.82, 2.24) is 23.6 Å². The molecule has 1 aliphatic heterocycles. The first-order chi connectivity index (χ1) is 10.9. The van der Waals surface area contributed by atoms with Crippen LogP contribution in [0.5, 0.6) is 0 Å². The van der Waals surface area contributed by atoms with E-state index in [1.807, 2.05) is 0 Å². The number of aromatic nitrogens is 4. The molecule has 0 bridgehead atoms. The van der Waals surface area contributed by atoms with Crippen molar-refractivity contribution < 1.29 is 14.3 Å². The van der Waals surface area contributed by atoms with E-state index in [4.69, 9.17) is 4.74 Å². The van der Waals surface area contributed by atoms with E-state index < -0.39 is 17.3 Å². The van der Waals surface area contributed by atoms with Crippen LogP contribution in [0.1, 0.15) is 0 Å². The Labute approximate surface area is 129 Å². The van der Waals surface area contributed by atoms with Gasteiger partial charge in [0.15, 0.2) is 17.9 Å². The molecular weight excluding hydrogens is 306 g/mol. The van der Waals surface area contributed by atoms with Gasteiger partial charge in [-0.25, -0.2) is 19.5 Å². The molecule has 0 atom stereocenters. The summed E-state index contributed by atoms with van der Waals surface area (Å²) in [5, 5.41) is 0. The number of fused-ring (bicyclic) bond motifs is 1. The Morgan fingerprint density at radius 3 is 2.83 bits per heavy atom. The summed E-state index contributed by atoms with van der Waals surface area (Å²) in [5.41, 5.74) is -0.349. The number of aryl methyl sites for hydroxylation is 2. The summed E-state index contributed by atoms with van der Waals surface area (Å²) in [5.74, 6) is 0.316. The molecule has 0 aliphatic carbocycles. The van der Waals surface area contributed by atoms with Crippen molar-refractivity contribution in [3.63, 3.8) is 0 Å². The van der Waals surface area contributed by atoms with E-state index in [1.165, 1.54) is 36.2 Å². The number of nitrogens with zero attached hydrogens (tertiary/aromatic N) is 5. The average molecular weight is 321 g/mol. The third kappa shape index (κ3) is 2.28. The summed E-state index contributed by atoms with van der Waals surface area (Å²) in [6.07, 6.45) is 2.30. The van der Waals surface area contributed by atoms with Gasteiger partial charge in [-0.15, -0.1) is 0 Å². The quantitative estimate of drug-likeness (QED) is 0.727. The molecule has 2 aromatic heterocycles. The van der Waals surface area contributed by atoms with Crippen LogP contribution in [-0.2, 0) is 30.1 Å². The van der Waals surface area contributed by atoms with Crippen LogP contribution in [0.4, 0.5) is 4.79 Å². The number of allylic oxidation sites excluding steroid dienone is 1. The number of ether oxygens (including phenoxy) is 2. The lowest BCUT2D eigenvalue weighted by Gasteiger charge is -2.09. The minimum Gasteiger partial charge on any atom is -0.473 e. The largest absolute Gasteiger partial charge is 0.473 e. The SMILES string of the molecule is COC(=O)N1C=C(Cn2c(=O)c3c(ncn3C)n(C)c2=O)OC1. The Bertz CT molecular complexity index is 935. The molecular formula is C13H15N5O5. The highest BCUT2D eigenvalue weighted by molar-refractivity contribution is 5.70. The minimum atomic E-state index is -0.581. The van der Waals surface area contributed by atoms with Gasteiger partial charge in [0.1, 0.15) is 5.76 Å². The van der Waals surface area contributed by atoms with Gasteiger partial charge in [0.25, 0.3) is 5.56 Å². The molecule has 0 radical (unpaired) electrons. The lowest BCUT2D eigenvalue weighted by Crippen LogP contribution is -2.40. The summed E-state index contributed by atoms with van der Waals surface area (Å²) in [7, 11) is 4.47. The van der Waals surface area contributed by atoms with Crippen molar-refractivity contribution in [2.75, 3.05) is 13.8 Å². The molecule has 23 heavy (non-hydrogen) atoms. The third-order valence-corrected chi connectivity index (χ3v) is 3.61. The van der Waals surface area contributed by atoms with Crippen LogP contribution in [-0.4, -0.2) is 43.5 Å². The maximum atomic E-state index is 12.5. The molecule has 10 heteroatoms. The van der Waals surface area contributed by atoms with Crippen molar-refractivity contribution in [3.8, 4) is 0 Å². The van der Waals surface area contributed by atoms with Crippen LogP contribution in [0.25, 0.3) is 11.2 Å². The van der Waals surface area contributed by atoms with Crippen molar-refractivity contribution in [1.29, 1.82) is 0 Å². The maximum Gasteiger partial charge on any atom is 0.416 e. The first kappa shape index (κ1) is 14.9. The molecule has 3 rings (SSSR count). The van der Waals surface area contributed by atoms with E-state index >= 15 is 0 Å². The molecule has 3 heterocycles. The van der Waals surface area contributed by atoms with Gasteiger partial charge in [-0.2, -0.15) is 0 Å². The van der Waals surface area contributed by atoms with E-state index in [2.05, 4.69) is 9.72 Å². The molecule has 0 spiro atoms. The molecule has 122 valence electrons. The Morgan fingerprint density at radius 2 is 2.13 bits per heavy atom. The molecule has 0 unspecified atom stereocenters. The number of hydrogen-bond acceptors (Lipinski definition) is 6. The fourth-order valence-electron chi connectivity index (χ4n) is 2.40. The number of imidazole rings is 1. The zero-order valence-corrected chi connectivity index (χ0v) is 12.8. The van der Waals surface area contributed by atoms with E-state index in [0.717, 1.165) is 4.57 Å². The zero-order valence-electron chi connectivity index (χ0n) is 12.8. The van der Waals surface area contributed by atoms with Gasteiger partial charge in [-0.3, -0.25) is 13.9 Å². The molecule has 0 saturated carbocycles. The van der Waals surface area contributed by atoms with Gasteiger partial charge < -0.3 is 14.0 Å². The van der Waals surface area contributed by atoms with Gasteiger partial charge in [0, 0.05) is 14.1 Å². The van der Waals surface area contributed by atoms with Crippen LogP contribution in [0, 0.1) is 0 Å². The maximum absolute atomic E-state index is 12.5. The fraction of sp³-hybridized carbons (Fsp3) is 0.385. The Balaban J connectivity index is 2.05. The summed E-state index contributed by atoms with van der Waals surface area (Å²) >= 11 is 0.